The van der Waals surface area contributed by atoms with Crippen LogP contribution in [0.1, 0.15) is 0 Å². The van der Waals surface area contributed by atoms with Crippen molar-refractivity contribution in [1.29, 1.82) is 0 Å². The minimum atomic E-state index is -0.448. The van der Waals surface area contributed by atoms with Crippen LogP contribution >= 0.6 is 11.6 Å². The zero-order valence-electron chi connectivity index (χ0n) is 9.13. The highest BCUT2D eigenvalue weighted by atomic mass is 35.5. The molecule has 0 unspecified atom stereocenters. The first-order valence-electron chi connectivity index (χ1n) is 5.25. The van der Waals surface area contributed by atoms with Gasteiger partial charge in [0.2, 0.25) is 5.91 Å². The van der Waals surface area contributed by atoms with E-state index in [0.717, 1.165) is 0 Å². The number of aromatic nitrogens is 2. The molecule has 0 bridgehead atoms. The van der Waals surface area contributed by atoms with Crippen molar-refractivity contribution in [2.45, 2.75) is 6.54 Å². The SMILES string of the molecule is O=C(Cn1ccnc(Cl)c1=O)N1CCOCC1. The number of hydrogen-bond donors (Lipinski definition) is 0. The third-order valence-corrected chi connectivity index (χ3v) is 2.80. The fourth-order valence-corrected chi connectivity index (χ4v) is 1.77. The van der Waals surface area contributed by atoms with E-state index in [2.05, 4.69) is 4.98 Å². The molecule has 0 radical (unpaired) electrons. The van der Waals surface area contributed by atoms with Crippen molar-refractivity contribution in [2.75, 3.05) is 26.3 Å². The van der Waals surface area contributed by atoms with Crippen LogP contribution in [-0.4, -0.2) is 46.7 Å². The molecule has 1 aromatic heterocycles. The van der Waals surface area contributed by atoms with Crippen molar-refractivity contribution in [3.63, 3.8) is 0 Å². The first-order valence-corrected chi connectivity index (χ1v) is 5.63. The van der Waals surface area contributed by atoms with Gasteiger partial charge in [-0.15, -0.1) is 0 Å². The molecule has 1 aliphatic rings. The first-order chi connectivity index (χ1) is 8.18. The van der Waals surface area contributed by atoms with Crippen molar-refractivity contribution in [3.8, 4) is 0 Å². The van der Waals surface area contributed by atoms with E-state index in [1.807, 2.05) is 0 Å². The fraction of sp³-hybridized carbons (Fsp3) is 0.500. The standard InChI is InChI=1S/C10H12ClN3O3/c11-9-10(16)14(2-1-12-9)7-8(15)13-3-5-17-6-4-13/h1-2H,3-7H2. The molecule has 17 heavy (non-hydrogen) atoms. The molecule has 1 saturated heterocycles. The van der Waals surface area contributed by atoms with Gasteiger partial charge in [0, 0.05) is 25.5 Å². The van der Waals surface area contributed by atoms with Crippen LogP contribution in [0.4, 0.5) is 0 Å². The molecule has 0 aliphatic carbocycles. The van der Waals surface area contributed by atoms with E-state index < -0.39 is 5.56 Å². The van der Waals surface area contributed by atoms with Crippen molar-refractivity contribution in [1.82, 2.24) is 14.5 Å². The molecular weight excluding hydrogens is 246 g/mol. The van der Waals surface area contributed by atoms with Gasteiger partial charge in [0.05, 0.1) is 13.2 Å². The van der Waals surface area contributed by atoms with Gasteiger partial charge >= 0.3 is 0 Å². The average molecular weight is 258 g/mol. The van der Waals surface area contributed by atoms with Crippen molar-refractivity contribution < 1.29 is 9.53 Å². The molecule has 1 aromatic rings. The van der Waals surface area contributed by atoms with E-state index >= 15 is 0 Å². The Hall–Kier alpha value is -1.40. The second-order valence-corrected chi connectivity index (χ2v) is 4.00. The second-order valence-electron chi connectivity index (χ2n) is 3.64. The highest BCUT2D eigenvalue weighted by Crippen LogP contribution is 2.00. The summed E-state index contributed by atoms with van der Waals surface area (Å²) < 4.78 is 6.41. The van der Waals surface area contributed by atoms with Gasteiger partial charge in [-0.3, -0.25) is 9.59 Å². The van der Waals surface area contributed by atoms with Crippen molar-refractivity contribution in [2.24, 2.45) is 0 Å². The summed E-state index contributed by atoms with van der Waals surface area (Å²) in [5.41, 5.74) is -0.448. The summed E-state index contributed by atoms with van der Waals surface area (Å²) in [7, 11) is 0. The maximum atomic E-state index is 11.9. The average Bonchev–Trinajstić information content (AvgIpc) is 2.36. The summed E-state index contributed by atoms with van der Waals surface area (Å²) in [5, 5.41) is -0.123. The molecular formula is C10H12ClN3O3. The Kier molecular flexibility index (Phi) is 3.75. The van der Waals surface area contributed by atoms with Gasteiger partial charge in [0.1, 0.15) is 6.54 Å². The van der Waals surface area contributed by atoms with Gasteiger partial charge in [-0.2, -0.15) is 0 Å². The Morgan fingerprint density at radius 1 is 1.47 bits per heavy atom. The monoisotopic (exact) mass is 257 g/mol. The van der Waals surface area contributed by atoms with Gasteiger partial charge in [-0.05, 0) is 0 Å². The molecule has 0 atom stereocenters. The third kappa shape index (κ3) is 2.83. The topological polar surface area (TPSA) is 64.4 Å². The van der Waals surface area contributed by atoms with Crippen LogP contribution < -0.4 is 5.56 Å². The lowest BCUT2D eigenvalue weighted by Crippen LogP contribution is -2.43. The Morgan fingerprint density at radius 2 is 2.18 bits per heavy atom. The molecule has 2 heterocycles. The lowest BCUT2D eigenvalue weighted by Gasteiger charge is -2.27. The molecule has 6 nitrogen and oxygen atoms in total. The molecule has 2 rings (SSSR count). The van der Waals surface area contributed by atoms with Crippen LogP contribution in [0.15, 0.2) is 17.2 Å². The number of nitrogens with zero attached hydrogens (tertiary/aromatic N) is 3. The summed E-state index contributed by atoms with van der Waals surface area (Å²) >= 11 is 5.59. The maximum Gasteiger partial charge on any atom is 0.288 e. The number of hydrogen-bond acceptors (Lipinski definition) is 4. The van der Waals surface area contributed by atoms with Crippen LogP contribution in [0.3, 0.4) is 0 Å². The van der Waals surface area contributed by atoms with Crippen LogP contribution in [-0.2, 0) is 16.1 Å². The number of ether oxygens (including phenoxy) is 1. The Morgan fingerprint density at radius 3 is 2.88 bits per heavy atom. The predicted octanol–water partition coefficient (Wildman–Crippen LogP) is -0.245. The maximum absolute atomic E-state index is 11.9. The molecule has 1 aliphatic heterocycles. The second kappa shape index (κ2) is 5.29. The zero-order valence-corrected chi connectivity index (χ0v) is 9.89. The molecule has 0 saturated carbocycles. The largest absolute Gasteiger partial charge is 0.378 e. The zero-order chi connectivity index (χ0) is 12.3. The minimum absolute atomic E-state index is 0.0128. The van der Waals surface area contributed by atoms with E-state index in [1.54, 1.807) is 4.90 Å². The summed E-state index contributed by atoms with van der Waals surface area (Å²) in [4.78, 5) is 28.8. The van der Waals surface area contributed by atoms with Gasteiger partial charge in [0.25, 0.3) is 5.56 Å². The Labute approximate surface area is 103 Å². The molecule has 1 fully saturated rings. The van der Waals surface area contributed by atoms with Gasteiger partial charge < -0.3 is 14.2 Å². The van der Waals surface area contributed by atoms with Crippen LogP contribution in [0.5, 0.6) is 0 Å². The van der Waals surface area contributed by atoms with E-state index in [-0.39, 0.29) is 17.6 Å². The van der Waals surface area contributed by atoms with E-state index in [0.29, 0.717) is 26.3 Å². The lowest BCUT2D eigenvalue weighted by atomic mass is 10.4. The predicted molar refractivity (Wildman–Crippen MR) is 60.9 cm³/mol. The third-order valence-electron chi connectivity index (χ3n) is 2.54. The summed E-state index contributed by atoms with van der Waals surface area (Å²) in [5.74, 6) is -0.113. The normalized spacial score (nSPS) is 15.9. The molecule has 0 spiro atoms. The van der Waals surface area contributed by atoms with Crippen LogP contribution in [0.25, 0.3) is 0 Å². The highest BCUT2D eigenvalue weighted by Gasteiger charge is 2.17. The van der Waals surface area contributed by atoms with E-state index in [1.165, 1.54) is 17.0 Å². The molecule has 92 valence electrons. The van der Waals surface area contributed by atoms with Crippen molar-refractivity contribution in [3.05, 3.63) is 27.9 Å². The van der Waals surface area contributed by atoms with Crippen LogP contribution in [0.2, 0.25) is 5.15 Å². The fourth-order valence-electron chi connectivity index (χ4n) is 1.60. The smallest absolute Gasteiger partial charge is 0.288 e. The molecule has 7 heteroatoms. The van der Waals surface area contributed by atoms with Gasteiger partial charge in [0.15, 0.2) is 5.15 Å². The summed E-state index contributed by atoms with van der Waals surface area (Å²) in [6, 6.07) is 0. The Balaban J connectivity index is 2.07. The summed E-state index contributed by atoms with van der Waals surface area (Å²) in [6.07, 6.45) is 2.85. The highest BCUT2D eigenvalue weighted by molar-refractivity contribution is 6.29. The number of amides is 1. The Bertz CT molecular complexity index is 468. The summed E-state index contributed by atoms with van der Waals surface area (Å²) in [6.45, 7) is 2.19. The van der Waals surface area contributed by atoms with E-state index in [4.69, 9.17) is 16.3 Å². The van der Waals surface area contributed by atoms with Gasteiger partial charge in [-0.25, -0.2) is 4.98 Å². The molecule has 0 aromatic carbocycles. The van der Waals surface area contributed by atoms with Crippen molar-refractivity contribution >= 4 is 17.5 Å². The number of rotatable bonds is 2. The number of carbonyl (C=O) groups is 1. The van der Waals surface area contributed by atoms with E-state index in [9.17, 15) is 9.59 Å². The molecule has 0 N–H and O–H groups in total. The van der Waals surface area contributed by atoms with Gasteiger partial charge in [-0.1, -0.05) is 11.6 Å². The molecule has 1 amide bonds. The number of morpholine rings is 1. The number of halogens is 1. The first kappa shape index (κ1) is 12.1. The minimum Gasteiger partial charge on any atom is -0.378 e. The number of carbonyl (C=O) groups excluding carboxylic acids is 1. The van der Waals surface area contributed by atoms with Crippen LogP contribution in [0, 0.1) is 0 Å². The quantitative estimate of drug-likeness (QED) is 0.733. The lowest BCUT2D eigenvalue weighted by molar-refractivity contribution is -0.135.